The maximum Gasteiger partial charge on any atom is 2.00 e. The van der Waals surface area contributed by atoms with Gasteiger partial charge in [0.1, 0.15) is 0 Å². The quantitative estimate of drug-likeness (QED) is 0.0599. The molecule has 0 aliphatic carbocycles. The summed E-state index contributed by atoms with van der Waals surface area (Å²) in [6.45, 7) is 11.5. The molecule has 0 bridgehead atoms. The van der Waals surface area contributed by atoms with Crippen LogP contribution in [0.5, 0.6) is 0 Å². The van der Waals surface area contributed by atoms with E-state index in [-0.39, 0.29) is 17.1 Å². The Hall–Kier alpha value is -0.781. The van der Waals surface area contributed by atoms with Gasteiger partial charge in [0.25, 0.3) is 0 Å². The van der Waals surface area contributed by atoms with E-state index in [9.17, 15) is 0 Å². The molecule has 2 rings (SSSR count). The predicted octanol–water partition coefficient (Wildman–Crippen LogP) is 13.4. The SMILES string of the molecule is CCCCCCc1cc(CCCCCC)c(CCCCCC)[cH-]1.CCCCCCc1cc[cH-]c1CCCCCC.[Fe+2]. The summed E-state index contributed by atoms with van der Waals surface area (Å²) >= 11 is 0. The van der Waals surface area contributed by atoms with Crippen LogP contribution in [0.25, 0.3) is 0 Å². The first-order valence-electron chi connectivity index (χ1n) is 18.2. The number of rotatable bonds is 25. The minimum Gasteiger partial charge on any atom is -0.210 e. The first-order chi connectivity index (χ1) is 19.7. The van der Waals surface area contributed by atoms with Crippen molar-refractivity contribution in [3.05, 3.63) is 58.1 Å². The van der Waals surface area contributed by atoms with Crippen LogP contribution in [0, 0.1) is 0 Å². The molecule has 0 heterocycles. The Labute approximate surface area is 269 Å². The van der Waals surface area contributed by atoms with Crippen LogP contribution in [0.1, 0.15) is 191 Å². The Morgan fingerprint density at radius 1 is 0.439 bits per heavy atom. The van der Waals surface area contributed by atoms with Gasteiger partial charge in [-0.1, -0.05) is 195 Å². The average molecular weight is 607 g/mol. The Kier molecular flexibility index (Phi) is 28.7. The molecule has 1 heteroatoms. The number of aryl methyl sites for hydroxylation is 5. The second-order valence-electron chi connectivity index (χ2n) is 12.5. The van der Waals surface area contributed by atoms with Crippen molar-refractivity contribution >= 4 is 0 Å². The zero-order chi connectivity index (χ0) is 29.1. The molecule has 0 radical (unpaired) electrons. The zero-order valence-electron chi connectivity index (χ0n) is 28.4. The molecule has 0 N–H and O–H groups in total. The van der Waals surface area contributed by atoms with Crippen LogP contribution in [0.3, 0.4) is 0 Å². The van der Waals surface area contributed by atoms with Crippen LogP contribution in [-0.2, 0) is 49.2 Å². The fraction of sp³-hybridized carbons (Fsp3) is 0.750. The van der Waals surface area contributed by atoms with Crippen molar-refractivity contribution in [1.82, 2.24) is 0 Å². The van der Waals surface area contributed by atoms with Gasteiger partial charge >= 0.3 is 17.1 Å². The van der Waals surface area contributed by atoms with E-state index in [0.29, 0.717) is 0 Å². The van der Waals surface area contributed by atoms with Crippen LogP contribution in [0.4, 0.5) is 0 Å². The van der Waals surface area contributed by atoms with Gasteiger partial charge in [0.15, 0.2) is 0 Å². The Bertz CT molecular complexity index is 723. The van der Waals surface area contributed by atoms with Crippen molar-refractivity contribution in [2.45, 2.75) is 195 Å². The van der Waals surface area contributed by atoms with E-state index >= 15 is 0 Å². The van der Waals surface area contributed by atoms with E-state index < -0.39 is 0 Å². The van der Waals surface area contributed by atoms with Crippen molar-refractivity contribution in [2.75, 3.05) is 0 Å². The van der Waals surface area contributed by atoms with E-state index in [1.165, 1.54) is 161 Å². The van der Waals surface area contributed by atoms with Crippen molar-refractivity contribution in [1.29, 1.82) is 0 Å². The monoisotopic (exact) mass is 606 g/mol. The van der Waals surface area contributed by atoms with E-state index in [0.717, 1.165) is 0 Å². The van der Waals surface area contributed by atoms with Crippen LogP contribution in [0.15, 0.2) is 30.3 Å². The third kappa shape index (κ3) is 20.7. The average Bonchev–Trinajstić information content (AvgIpc) is 3.58. The smallest absolute Gasteiger partial charge is 0.210 e. The van der Waals surface area contributed by atoms with E-state index in [2.05, 4.69) is 65.0 Å². The molecule has 0 aliphatic rings. The molecule has 0 amide bonds. The molecule has 2 aromatic carbocycles. The minimum absolute atomic E-state index is 0. The van der Waals surface area contributed by atoms with Gasteiger partial charge in [-0.25, -0.2) is 12.1 Å². The Morgan fingerprint density at radius 3 is 1.34 bits per heavy atom. The predicted molar refractivity (Wildman–Crippen MR) is 183 cm³/mol. The maximum atomic E-state index is 2.55. The van der Waals surface area contributed by atoms with Gasteiger partial charge in [0.2, 0.25) is 0 Å². The normalized spacial score (nSPS) is 10.9. The Balaban J connectivity index is 0.000000794. The number of hydrogen-bond donors (Lipinski definition) is 0. The van der Waals surface area contributed by atoms with Crippen LogP contribution in [-0.4, -0.2) is 0 Å². The summed E-state index contributed by atoms with van der Waals surface area (Å²) < 4.78 is 0. The molecular weight excluding hydrogens is 536 g/mol. The number of unbranched alkanes of at least 4 members (excludes halogenated alkanes) is 15. The molecule has 238 valence electrons. The Morgan fingerprint density at radius 2 is 0.854 bits per heavy atom. The second-order valence-corrected chi connectivity index (χ2v) is 12.5. The molecule has 0 fully saturated rings. The van der Waals surface area contributed by atoms with Gasteiger partial charge in [-0.15, -0.1) is 0 Å². The zero-order valence-corrected chi connectivity index (χ0v) is 29.5. The molecule has 0 saturated carbocycles. The molecule has 0 saturated heterocycles. The summed E-state index contributed by atoms with van der Waals surface area (Å²) in [5.74, 6) is 0. The molecule has 0 unspecified atom stereocenters. The summed E-state index contributed by atoms with van der Waals surface area (Å²) in [6.07, 6.45) is 34.1. The first-order valence-corrected chi connectivity index (χ1v) is 18.2. The third-order valence-corrected chi connectivity index (χ3v) is 8.66. The topological polar surface area (TPSA) is 0 Å². The molecule has 0 nitrogen and oxygen atoms in total. The molecule has 0 atom stereocenters. The van der Waals surface area contributed by atoms with Gasteiger partial charge < -0.3 is 0 Å². The van der Waals surface area contributed by atoms with Crippen LogP contribution in [0.2, 0.25) is 0 Å². The van der Waals surface area contributed by atoms with Crippen molar-refractivity contribution < 1.29 is 17.1 Å². The van der Waals surface area contributed by atoms with Gasteiger partial charge in [-0.3, -0.25) is 0 Å². The maximum absolute atomic E-state index is 2.55. The fourth-order valence-corrected chi connectivity index (χ4v) is 5.99. The molecular formula is C40H70Fe. The number of hydrogen-bond acceptors (Lipinski definition) is 0. The molecule has 0 aromatic heterocycles. The first kappa shape index (κ1) is 40.2. The van der Waals surface area contributed by atoms with Gasteiger partial charge in [-0.05, 0) is 0 Å². The summed E-state index contributed by atoms with van der Waals surface area (Å²) in [5, 5.41) is 0. The van der Waals surface area contributed by atoms with E-state index in [4.69, 9.17) is 0 Å². The van der Waals surface area contributed by atoms with Gasteiger partial charge in [0.05, 0.1) is 0 Å². The van der Waals surface area contributed by atoms with Gasteiger partial charge in [-0.2, -0.15) is 46.0 Å². The van der Waals surface area contributed by atoms with E-state index in [1.807, 2.05) is 0 Å². The summed E-state index contributed by atoms with van der Waals surface area (Å²) in [7, 11) is 0. The molecule has 0 aliphatic heterocycles. The molecule has 2 aromatic rings. The molecule has 0 spiro atoms. The van der Waals surface area contributed by atoms with Crippen LogP contribution >= 0.6 is 0 Å². The minimum atomic E-state index is 0. The summed E-state index contributed by atoms with van der Waals surface area (Å²) in [6, 6.07) is 12.0. The van der Waals surface area contributed by atoms with Crippen molar-refractivity contribution in [3.8, 4) is 0 Å². The summed E-state index contributed by atoms with van der Waals surface area (Å²) in [4.78, 5) is 0. The largest absolute Gasteiger partial charge is 2.00 e. The third-order valence-electron chi connectivity index (χ3n) is 8.66. The second kappa shape index (κ2) is 29.3. The van der Waals surface area contributed by atoms with Crippen molar-refractivity contribution in [2.24, 2.45) is 0 Å². The van der Waals surface area contributed by atoms with Gasteiger partial charge in [0, 0.05) is 0 Å². The summed E-state index contributed by atoms with van der Waals surface area (Å²) in [5.41, 5.74) is 8.23. The van der Waals surface area contributed by atoms with E-state index in [1.54, 1.807) is 27.8 Å². The standard InChI is InChI=1S/C23H41.C17H29.Fe/c1-4-7-10-13-16-21-19-22(17-14-11-8-5-2)23(20-21)18-15-12-9-6-3;1-3-5-7-9-12-16-14-11-15-17(16)13-10-8-6-4-2;/h19-20H,4-18H2,1-3H3;11,14-15H,3-10,12-13H2,1-2H3;/q2*-1;+2. The fourth-order valence-electron chi connectivity index (χ4n) is 5.99. The van der Waals surface area contributed by atoms with Crippen LogP contribution < -0.4 is 0 Å². The molecule has 41 heavy (non-hydrogen) atoms. The van der Waals surface area contributed by atoms with Crippen molar-refractivity contribution in [3.63, 3.8) is 0 Å².